The van der Waals surface area contributed by atoms with Crippen LogP contribution in [0.5, 0.6) is 0 Å². The summed E-state index contributed by atoms with van der Waals surface area (Å²) in [6.07, 6.45) is 0.831. The molecule has 0 aromatic carbocycles. The Morgan fingerprint density at radius 3 is 2.50 bits per heavy atom. The predicted octanol–water partition coefficient (Wildman–Crippen LogP) is -0.614. The number of hydrogen-bond donors (Lipinski definition) is 4. The summed E-state index contributed by atoms with van der Waals surface area (Å²) in [5, 5.41) is 14.4. The highest BCUT2D eigenvalue weighted by molar-refractivity contribution is 5.94. The van der Waals surface area contributed by atoms with Crippen LogP contribution in [0.1, 0.15) is 40.0 Å². The first kappa shape index (κ1) is 20.2. The molecule has 9 heteroatoms. The maximum Gasteiger partial charge on any atom is 0.326 e. The summed E-state index contributed by atoms with van der Waals surface area (Å²) in [5.41, 5.74) is 5.44. The first-order chi connectivity index (χ1) is 12.1. The first-order valence-corrected chi connectivity index (χ1v) is 8.95. The number of aliphatic carboxylic acids is 1. The number of carbonyl (C=O) groups is 4. The molecule has 0 spiro atoms. The molecule has 9 nitrogen and oxygen atoms in total. The van der Waals surface area contributed by atoms with Crippen molar-refractivity contribution in [1.29, 1.82) is 0 Å². The van der Waals surface area contributed by atoms with Gasteiger partial charge in [-0.25, -0.2) is 4.79 Å². The van der Waals surface area contributed by atoms with Gasteiger partial charge in [-0.1, -0.05) is 20.3 Å². The fraction of sp³-hybridized carbons (Fsp3) is 0.765. The summed E-state index contributed by atoms with van der Waals surface area (Å²) < 4.78 is 4.98. The zero-order valence-electron chi connectivity index (χ0n) is 15.2. The van der Waals surface area contributed by atoms with Crippen LogP contribution in [0.15, 0.2) is 0 Å². The van der Waals surface area contributed by atoms with E-state index in [0.717, 1.165) is 6.42 Å². The Morgan fingerprint density at radius 1 is 1.35 bits per heavy atom. The summed E-state index contributed by atoms with van der Waals surface area (Å²) >= 11 is 0. The molecule has 2 amide bonds. The average molecular weight is 369 g/mol. The molecule has 0 bridgehead atoms. The Balaban J connectivity index is 1.82. The van der Waals surface area contributed by atoms with Gasteiger partial charge >= 0.3 is 11.9 Å². The summed E-state index contributed by atoms with van der Waals surface area (Å²) in [7, 11) is 0. The van der Waals surface area contributed by atoms with Gasteiger partial charge in [0, 0.05) is 6.04 Å². The third-order valence-electron chi connectivity index (χ3n) is 5.17. The third-order valence-corrected chi connectivity index (χ3v) is 5.17. The number of ether oxygens (including phenoxy) is 1. The number of nitrogens with one attached hydrogen (secondary N) is 2. The minimum absolute atomic E-state index is 0.0498. The van der Waals surface area contributed by atoms with Crippen molar-refractivity contribution in [3.05, 3.63) is 0 Å². The van der Waals surface area contributed by atoms with Gasteiger partial charge < -0.3 is 26.2 Å². The Morgan fingerprint density at radius 2 is 2.00 bits per heavy atom. The zero-order chi connectivity index (χ0) is 19.6. The molecule has 0 radical (unpaired) electrons. The van der Waals surface area contributed by atoms with E-state index in [2.05, 4.69) is 10.6 Å². The van der Waals surface area contributed by atoms with Crippen molar-refractivity contribution in [3.8, 4) is 0 Å². The molecule has 1 aliphatic carbocycles. The van der Waals surface area contributed by atoms with Crippen molar-refractivity contribution in [1.82, 2.24) is 10.6 Å². The predicted molar refractivity (Wildman–Crippen MR) is 90.7 cm³/mol. The topological polar surface area (TPSA) is 148 Å². The van der Waals surface area contributed by atoms with Crippen LogP contribution in [0, 0.1) is 17.8 Å². The van der Waals surface area contributed by atoms with E-state index in [1.165, 1.54) is 6.92 Å². The Hall–Kier alpha value is -2.16. The Kier molecular flexibility index (Phi) is 6.22. The molecular weight excluding hydrogens is 342 g/mol. The molecule has 146 valence electrons. The van der Waals surface area contributed by atoms with Crippen LogP contribution < -0.4 is 16.4 Å². The number of carbonyl (C=O) groups excluding carboxylic acids is 3. The minimum Gasteiger partial charge on any atom is -0.480 e. The highest BCUT2D eigenvalue weighted by atomic mass is 16.6. The molecule has 1 saturated carbocycles. The van der Waals surface area contributed by atoms with Crippen molar-refractivity contribution in [2.24, 2.45) is 23.5 Å². The third kappa shape index (κ3) is 4.51. The minimum atomic E-state index is -1.14. The number of carboxylic acid groups (broad SMARTS) is 1. The largest absolute Gasteiger partial charge is 0.480 e. The van der Waals surface area contributed by atoms with Gasteiger partial charge in [0.05, 0.1) is 6.04 Å². The molecule has 2 rings (SSSR count). The second kappa shape index (κ2) is 8.03. The maximum atomic E-state index is 12.3. The quantitative estimate of drug-likeness (QED) is 0.396. The maximum absolute atomic E-state index is 12.3. The Bertz CT molecular complexity index is 593. The summed E-state index contributed by atoms with van der Waals surface area (Å²) in [4.78, 5) is 46.8. The normalized spacial score (nSPS) is 30.2. The van der Waals surface area contributed by atoms with E-state index in [0.29, 0.717) is 6.42 Å². The highest BCUT2D eigenvalue weighted by Crippen LogP contribution is 2.37. The number of esters is 1. The second-order valence-corrected chi connectivity index (χ2v) is 7.30. The smallest absolute Gasteiger partial charge is 0.326 e. The number of nitrogens with two attached hydrogens (primary N) is 1. The van der Waals surface area contributed by atoms with Gasteiger partial charge in [0.2, 0.25) is 5.91 Å². The molecule has 0 unspecified atom stereocenters. The van der Waals surface area contributed by atoms with E-state index >= 15 is 0 Å². The van der Waals surface area contributed by atoms with Crippen molar-refractivity contribution >= 4 is 23.8 Å². The molecule has 1 saturated heterocycles. The van der Waals surface area contributed by atoms with Gasteiger partial charge in [-0.15, -0.1) is 0 Å². The number of rotatable bonds is 9. The number of cyclic esters (lactones) is 1. The lowest BCUT2D eigenvalue weighted by atomic mass is 9.83. The fourth-order valence-corrected chi connectivity index (χ4v) is 3.11. The van der Waals surface area contributed by atoms with Gasteiger partial charge in [-0.3, -0.25) is 14.4 Å². The molecule has 1 aliphatic heterocycles. The number of amides is 2. The summed E-state index contributed by atoms with van der Waals surface area (Å²) in [6.45, 7) is 5.33. The highest BCUT2D eigenvalue weighted by Gasteiger charge is 2.51. The van der Waals surface area contributed by atoms with Crippen LogP contribution in [0.25, 0.3) is 0 Å². The first-order valence-electron chi connectivity index (χ1n) is 8.95. The van der Waals surface area contributed by atoms with Crippen molar-refractivity contribution in [2.45, 2.75) is 64.3 Å². The van der Waals surface area contributed by atoms with E-state index < -0.39 is 36.0 Å². The van der Waals surface area contributed by atoms with E-state index in [1.807, 2.05) is 13.8 Å². The lowest BCUT2D eigenvalue weighted by Crippen LogP contribution is -2.56. The summed E-state index contributed by atoms with van der Waals surface area (Å²) in [6, 6.07) is -2.01. The molecule has 5 N–H and O–H groups in total. The van der Waals surface area contributed by atoms with Crippen LogP contribution >= 0.6 is 0 Å². The van der Waals surface area contributed by atoms with Gasteiger partial charge in [-0.2, -0.15) is 0 Å². The molecule has 0 aromatic rings. The number of carboxylic acids is 1. The molecule has 2 aliphatic rings. The van der Waals surface area contributed by atoms with Crippen molar-refractivity contribution in [3.63, 3.8) is 0 Å². The van der Waals surface area contributed by atoms with Crippen molar-refractivity contribution in [2.75, 3.05) is 0 Å². The lowest BCUT2D eigenvalue weighted by Gasteiger charge is -2.37. The van der Waals surface area contributed by atoms with Crippen LogP contribution in [0.3, 0.4) is 0 Å². The van der Waals surface area contributed by atoms with Gasteiger partial charge in [0.25, 0.3) is 5.91 Å². The van der Waals surface area contributed by atoms with Crippen molar-refractivity contribution < 1.29 is 29.0 Å². The van der Waals surface area contributed by atoms with Crippen LogP contribution in [-0.4, -0.2) is 53.1 Å². The molecule has 0 aromatic heterocycles. The molecule has 1 heterocycles. The average Bonchev–Trinajstić information content (AvgIpc) is 3.28. The SMILES string of the molecule is CC[C@H](C)[C@@H]1C(=O)O[C@H]1C(=O)N[C@H]1C[C@H]1C[C@H](NC(=O)[C@H](C)N)C(=O)O. The monoisotopic (exact) mass is 369 g/mol. The van der Waals surface area contributed by atoms with E-state index in [9.17, 15) is 24.3 Å². The van der Waals surface area contributed by atoms with Crippen LogP contribution in [-0.2, 0) is 23.9 Å². The van der Waals surface area contributed by atoms with Gasteiger partial charge in [0.1, 0.15) is 12.0 Å². The fourth-order valence-electron chi connectivity index (χ4n) is 3.11. The number of hydrogen-bond acceptors (Lipinski definition) is 6. The van der Waals surface area contributed by atoms with Crippen LogP contribution in [0.4, 0.5) is 0 Å². The molecule has 7 atom stereocenters. The zero-order valence-corrected chi connectivity index (χ0v) is 15.2. The molecular formula is C17H27N3O6. The molecule has 2 fully saturated rings. The van der Waals surface area contributed by atoms with E-state index in [4.69, 9.17) is 10.5 Å². The summed E-state index contributed by atoms with van der Waals surface area (Å²) in [5.74, 6) is -2.77. The standard InChI is InChI=1S/C17H27N3O6/c1-4-7(2)12-13(26-17(12)25)15(22)19-10-5-9(10)6-11(16(23)24)20-14(21)8(3)18/h7-13H,4-6,18H2,1-3H3,(H,19,22)(H,20,21)(H,23,24)/t7-,8-,9-,10-,11-,12-,13+/m0/s1. The van der Waals surface area contributed by atoms with E-state index in [-0.39, 0.29) is 36.2 Å². The lowest BCUT2D eigenvalue weighted by molar-refractivity contribution is -0.193. The van der Waals surface area contributed by atoms with E-state index in [1.54, 1.807) is 0 Å². The molecule has 26 heavy (non-hydrogen) atoms. The second-order valence-electron chi connectivity index (χ2n) is 7.30. The van der Waals surface area contributed by atoms with Crippen LogP contribution in [0.2, 0.25) is 0 Å². The van der Waals surface area contributed by atoms with Gasteiger partial charge in [-0.05, 0) is 31.6 Å². The van der Waals surface area contributed by atoms with Gasteiger partial charge in [0.15, 0.2) is 6.10 Å². The Labute approximate surface area is 152 Å².